The molecule has 0 aliphatic carbocycles. The molecule has 0 aromatic heterocycles. The average Bonchev–Trinajstić information content (AvgIpc) is 2.45. The highest BCUT2D eigenvalue weighted by molar-refractivity contribution is 5.34. The molecule has 0 aliphatic rings. The van der Waals surface area contributed by atoms with Crippen LogP contribution in [0.25, 0.3) is 0 Å². The fourth-order valence-corrected chi connectivity index (χ4v) is 1.78. The molecule has 20 heavy (non-hydrogen) atoms. The highest BCUT2D eigenvalue weighted by Gasteiger charge is 2.07. The topological polar surface area (TPSA) is 18.5 Å². The second-order valence-electron chi connectivity index (χ2n) is 5.14. The van der Waals surface area contributed by atoms with Gasteiger partial charge in [-0.25, -0.2) is 0 Å². The lowest BCUT2D eigenvalue weighted by Crippen LogP contribution is -2.02. The van der Waals surface area contributed by atoms with Crippen molar-refractivity contribution in [2.45, 2.75) is 65.2 Å². The molecule has 0 amide bonds. The standard InChI is InChI=1S/C18H32O2/c1-6-8-10-12-14-19-17(4)16(3)18(5)20-15-13-11-9-7-2/h3-15H2,1-2H3. The molecule has 2 heteroatoms. The molecule has 0 aromatic rings. The van der Waals surface area contributed by atoms with Crippen LogP contribution in [0.3, 0.4) is 0 Å². The van der Waals surface area contributed by atoms with Gasteiger partial charge in [0.25, 0.3) is 0 Å². The Morgan fingerprint density at radius 2 is 1.05 bits per heavy atom. The fourth-order valence-electron chi connectivity index (χ4n) is 1.78. The fraction of sp³-hybridized carbons (Fsp3) is 0.667. The molecule has 0 radical (unpaired) electrons. The Bertz CT molecular complexity index is 264. The summed E-state index contributed by atoms with van der Waals surface area (Å²) in [5.41, 5.74) is 0.677. The Balaban J connectivity index is 3.70. The van der Waals surface area contributed by atoms with E-state index in [-0.39, 0.29) is 0 Å². The molecule has 0 N–H and O–H groups in total. The third-order valence-electron chi connectivity index (χ3n) is 3.22. The van der Waals surface area contributed by atoms with E-state index in [1.54, 1.807) is 0 Å². The first kappa shape index (κ1) is 18.8. The van der Waals surface area contributed by atoms with Crippen LogP contribution in [0.1, 0.15) is 65.2 Å². The van der Waals surface area contributed by atoms with Crippen molar-refractivity contribution in [1.29, 1.82) is 0 Å². The second kappa shape index (κ2) is 12.8. The van der Waals surface area contributed by atoms with Crippen LogP contribution in [0, 0.1) is 0 Å². The van der Waals surface area contributed by atoms with E-state index in [4.69, 9.17) is 9.47 Å². The van der Waals surface area contributed by atoms with Gasteiger partial charge in [-0.3, -0.25) is 0 Å². The van der Waals surface area contributed by atoms with Crippen molar-refractivity contribution in [3.8, 4) is 0 Å². The smallest absolute Gasteiger partial charge is 0.122 e. The van der Waals surface area contributed by atoms with E-state index in [9.17, 15) is 0 Å². The second-order valence-corrected chi connectivity index (χ2v) is 5.14. The van der Waals surface area contributed by atoms with Crippen LogP contribution < -0.4 is 0 Å². The van der Waals surface area contributed by atoms with Gasteiger partial charge in [-0.05, 0) is 12.8 Å². The third kappa shape index (κ3) is 9.71. The van der Waals surface area contributed by atoms with Crippen molar-refractivity contribution in [3.63, 3.8) is 0 Å². The zero-order valence-corrected chi connectivity index (χ0v) is 13.5. The first-order chi connectivity index (χ1) is 9.63. The molecule has 0 bridgehead atoms. The highest BCUT2D eigenvalue weighted by atomic mass is 16.5. The summed E-state index contributed by atoms with van der Waals surface area (Å²) in [5.74, 6) is 1.17. The predicted molar refractivity (Wildman–Crippen MR) is 87.6 cm³/mol. The van der Waals surface area contributed by atoms with E-state index in [0.29, 0.717) is 30.3 Å². The van der Waals surface area contributed by atoms with Crippen molar-refractivity contribution in [1.82, 2.24) is 0 Å². The predicted octanol–water partition coefficient (Wildman–Crippen LogP) is 5.76. The van der Waals surface area contributed by atoms with E-state index in [2.05, 4.69) is 33.6 Å². The maximum Gasteiger partial charge on any atom is 0.122 e. The van der Waals surface area contributed by atoms with Crippen LogP contribution in [0.15, 0.2) is 36.8 Å². The van der Waals surface area contributed by atoms with Crippen LogP contribution in [-0.2, 0) is 9.47 Å². The van der Waals surface area contributed by atoms with Gasteiger partial charge in [0.2, 0.25) is 0 Å². The first-order valence-corrected chi connectivity index (χ1v) is 7.96. The van der Waals surface area contributed by atoms with Crippen molar-refractivity contribution < 1.29 is 9.47 Å². The van der Waals surface area contributed by atoms with Gasteiger partial charge in [0.05, 0.1) is 18.8 Å². The number of rotatable bonds is 14. The van der Waals surface area contributed by atoms with Gasteiger partial charge >= 0.3 is 0 Å². The first-order valence-electron chi connectivity index (χ1n) is 7.96. The van der Waals surface area contributed by atoms with Crippen LogP contribution in [0.4, 0.5) is 0 Å². The quantitative estimate of drug-likeness (QED) is 0.229. The van der Waals surface area contributed by atoms with Crippen molar-refractivity contribution in [2.75, 3.05) is 13.2 Å². The van der Waals surface area contributed by atoms with Gasteiger partial charge in [0.1, 0.15) is 11.5 Å². The largest absolute Gasteiger partial charge is 0.493 e. The summed E-state index contributed by atoms with van der Waals surface area (Å²) in [6, 6.07) is 0. The Morgan fingerprint density at radius 1 is 0.650 bits per heavy atom. The summed E-state index contributed by atoms with van der Waals surface area (Å²) in [7, 11) is 0. The molecule has 0 unspecified atom stereocenters. The normalized spacial score (nSPS) is 10.1. The van der Waals surface area contributed by atoms with Crippen molar-refractivity contribution in [3.05, 3.63) is 36.8 Å². The van der Waals surface area contributed by atoms with Crippen LogP contribution in [0.5, 0.6) is 0 Å². The molecule has 0 heterocycles. The van der Waals surface area contributed by atoms with Gasteiger partial charge in [0, 0.05) is 0 Å². The Kier molecular flexibility index (Phi) is 12.1. The zero-order valence-electron chi connectivity index (χ0n) is 13.5. The maximum absolute atomic E-state index is 5.58. The summed E-state index contributed by atoms with van der Waals surface area (Å²) < 4.78 is 11.2. The summed E-state index contributed by atoms with van der Waals surface area (Å²) in [5, 5.41) is 0. The van der Waals surface area contributed by atoms with Gasteiger partial charge in [-0.1, -0.05) is 72.1 Å². The maximum atomic E-state index is 5.58. The number of ether oxygens (including phenoxy) is 2. The Labute approximate surface area is 125 Å². The molecule has 0 atom stereocenters. The molecule has 116 valence electrons. The molecule has 0 fully saturated rings. The summed E-state index contributed by atoms with van der Waals surface area (Å²) in [6.07, 6.45) is 9.49. The molecule has 0 rings (SSSR count). The van der Waals surface area contributed by atoms with Gasteiger partial charge in [0.15, 0.2) is 0 Å². The molecule has 0 saturated heterocycles. The minimum Gasteiger partial charge on any atom is -0.493 e. The summed E-state index contributed by atoms with van der Waals surface area (Å²) in [4.78, 5) is 0. The molecular weight excluding hydrogens is 248 g/mol. The number of hydrogen-bond donors (Lipinski definition) is 0. The van der Waals surface area contributed by atoms with Crippen molar-refractivity contribution >= 4 is 0 Å². The summed E-state index contributed by atoms with van der Waals surface area (Å²) in [6.45, 7) is 17.5. The van der Waals surface area contributed by atoms with Crippen LogP contribution in [0.2, 0.25) is 0 Å². The molecule has 0 aliphatic heterocycles. The lowest BCUT2D eigenvalue weighted by atomic mass is 10.2. The highest BCUT2D eigenvalue weighted by Crippen LogP contribution is 2.18. The van der Waals surface area contributed by atoms with Gasteiger partial charge < -0.3 is 9.47 Å². The van der Waals surface area contributed by atoms with Crippen LogP contribution in [-0.4, -0.2) is 13.2 Å². The van der Waals surface area contributed by atoms with Crippen LogP contribution >= 0.6 is 0 Å². The van der Waals surface area contributed by atoms with E-state index < -0.39 is 0 Å². The monoisotopic (exact) mass is 280 g/mol. The van der Waals surface area contributed by atoms with E-state index >= 15 is 0 Å². The van der Waals surface area contributed by atoms with E-state index in [1.807, 2.05) is 0 Å². The van der Waals surface area contributed by atoms with Crippen molar-refractivity contribution in [2.24, 2.45) is 0 Å². The third-order valence-corrected chi connectivity index (χ3v) is 3.22. The molecule has 0 spiro atoms. The zero-order chi connectivity index (χ0) is 15.2. The Morgan fingerprint density at radius 3 is 1.40 bits per heavy atom. The van der Waals surface area contributed by atoms with E-state index in [0.717, 1.165) is 12.8 Å². The molecule has 0 aromatic carbocycles. The number of hydrogen-bond acceptors (Lipinski definition) is 2. The lowest BCUT2D eigenvalue weighted by molar-refractivity contribution is 0.190. The SMILES string of the molecule is C=C(OCCCCCC)C(=C)C(=C)OCCCCCC. The lowest BCUT2D eigenvalue weighted by Gasteiger charge is -2.14. The summed E-state index contributed by atoms with van der Waals surface area (Å²) >= 11 is 0. The average molecular weight is 280 g/mol. The van der Waals surface area contributed by atoms with Gasteiger partial charge in [-0.2, -0.15) is 0 Å². The molecular formula is C18H32O2. The Hall–Kier alpha value is -1.18. The van der Waals surface area contributed by atoms with Gasteiger partial charge in [-0.15, -0.1) is 0 Å². The minimum absolute atomic E-state index is 0.583. The number of unbranched alkanes of at least 4 members (excludes halogenated alkanes) is 6. The minimum atomic E-state index is 0.583. The molecule has 0 saturated carbocycles. The van der Waals surface area contributed by atoms with E-state index in [1.165, 1.54) is 38.5 Å². The molecule has 2 nitrogen and oxygen atoms in total.